The van der Waals surface area contributed by atoms with Gasteiger partial charge in [-0.2, -0.15) is 0 Å². The number of ether oxygens (including phenoxy) is 1. The molecule has 0 saturated carbocycles. The summed E-state index contributed by atoms with van der Waals surface area (Å²) in [7, 11) is 1.69. The van der Waals surface area contributed by atoms with E-state index < -0.39 is 0 Å². The van der Waals surface area contributed by atoms with Gasteiger partial charge >= 0.3 is 0 Å². The van der Waals surface area contributed by atoms with E-state index in [1.807, 2.05) is 6.92 Å². The molecule has 0 saturated heterocycles. The van der Waals surface area contributed by atoms with Crippen molar-refractivity contribution in [1.29, 1.82) is 0 Å². The number of hydrogen-bond acceptors (Lipinski definition) is 4. The number of aryl methyl sites for hydroxylation is 1. The minimum Gasteiger partial charge on any atom is -0.416 e. The lowest BCUT2D eigenvalue weighted by atomic mass is 10.2. The molecule has 0 aliphatic heterocycles. The maximum absolute atomic E-state index is 5.12. The summed E-state index contributed by atoms with van der Waals surface area (Å²) >= 11 is 3.08. The highest BCUT2D eigenvalue weighted by Gasteiger charge is 2.05. The number of hydrogen-bond donors (Lipinski definition) is 0. The van der Waals surface area contributed by atoms with E-state index in [9.17, 15) is 0 Å². The number of methoxy groups -OCH3 is 1. The Morgan fingerprint density at radius 1 is 1.58 bits per heavy atom. The molecule has 0 spiro atoms. The highest BCUT2D eigenvalue weighted by Crippen LogP contribution is 2.09. The van der Waals surface area contributed by atoms with Gasteiger partial charge < -0.3 is 9.15 Å². The molecule has 68 valence electrons. The van der Waals surface area contributed by atoms with Crippen LogP contribution in [0.2, 0.25) is 0 Å². The normalized spacial score (nSPS) is 13.2. The molecular formula is C7H11BrN2O2. The summed E-state index contributed by atoms with van der Waals surface area (Å²) in [6, 6.07) is 0. The van der Waals surface area contributed by atoms with Crippen LogP contribution in [0.5, 0.6) is 0 Å². The average Bonchev–Trinajstić information content (AvgIpc) is 2.47. The van der Waals surface area contributed by atoms with E-state index in [2.05, 4.69) is 26.1 Å². The maximum atomic E-state index is 5.12. The average molecular weight is 235 g/mol. The molecule has 5 heteroatoms. The van der Waals surface area contributed by atoms with Gasteiger partial charge in [0.1, 0.15) is 0 Å². The van der Waals surface area contributed by atoms with Crippen LogP contribution in [0.3, 0.4) is 0 Å². The van der Waals surface area contributed by atoms with Crippen molar-refractivity contribution in [3.63, 3.8) is 0 Å². The van der Waals surface area contributed by atoms with Crippen molar-refractivity contribution in [2.45, 2.75) is 25.9 Å². The van der Waals surface area contributed by atoms with E-state index >= 15 is 0 Å². The summed E-state index contributed by atoms with van der Waals surface area (Å²) in [5, 5.41) is 7.48. The van der Waals surface area contributed by atoms with Gasteiger partial charge in [-0.05, 0) is 13.3 Å². The van der Waals surface area contributed by atoms with Crippen LogP contribution in [-0.2, 0) is 11.2 Å². The fraction of sp³-hybridized carbons (Fsp3) is 0.714. The minimum atomic E-state index is 0.232. The second kappa shape index (κ2) is 4.57. The molecule has 1 aromatic rings. The van der Waals surface area contributed by atoms with Gasteiger partial charge in [0, 0.05) is 29.5 Å². The molecular weight excluding hydrogens is 224 g/mol. The van der Waals surface area contributed by atoms with E-state index in [1.165, 1.54) is 0 Å². The first-order valence-electron chi connectivity index (χ1n) is 3.73. The van der Waals surface area contributed by atoms with Gasteiger partial charge in [0.15, 0.2) is 0 Å². The van der Waals surface area contributed by atoms with Gasteiger partial charge in [0.2, 0.25) is 5.89 Å². The molecule has 1 unspecified atom stereocenters. The Labute approximate surface area is 79.4 Å². The monoisotopic (exact) mass is 234 g/mol. The van der Waals surface area contributed by atoms with Crippen LogP contribution in [0.15, 0.2) is 9.22 Å². The van der Waals surface area contributed by atoms with Gasteiger partial charge in [0.25, 0.3) is 4.80 Å². The molecule has 0 radical (unpaired) electrons. The highest BCUT2D eigenvalue weighted by molar-refractivity contribution is 9.10. The van der Waals surface area contributed by atoms with Crippen LogP contribution in [0.4, 0.5) is 0 Å². The summed E-state index contributed by atoms with van der Waals surface area (Å²) in [5.74, 6) is 0.644. The predicted molar refractivity (Wildman–Crippen MR) is 46.8 cm³/mol. The standard InChI is InChI=1S/C7H11BrN2O2/c1-5(11-2)3-4-6-9-10-7(8)12-6/h5H,3-4H2,1-2H3. The first-order valence-corrected chi connectivity index (χ1v) is 4.52. The third kappa shape index (κ3) is 2.91. The Bertz CT molecular complexity index is 239. The zero-order valence-corrected chi connectivity index (χ0v) is 8.67. The predicted octanol–water partition coefficient (Wildman–Crippen LogP) is 1.80. The minimum absolute atomic E-state index is 0.232. The molecule has 1 atom stereocenters. The molecule has 0 bridgehead atoms. The van der Waals surface area contributed by atoms with Crippen molar-refractivity contribution >= 4 is 15.9 Å². The summed E-state index contributed by atoms with van der Waals surface area (Å²) in [4.78, 5) is 0.433. The fourth-order valence-electron chi connectivity index (χ4n) is 0.779. The van der Waals surface area contributed by atoms with Crippen LogP contribution in [0, 0.1) is 0 Å². The Kier molecular flexibility index (Phi) is 3.68. The van der Waals surface area contributed by atoms with E-state index in [0.717, 1.165) is 12.8 Å². The second-order valence-corrected chi connectivity index (χ2v) is 3.21. The number of halogens is 1. The summed E-state index contributed by atoms with van der Waals surface area (Å²) in [6.45, 7) is 2.01. The second-order valence-electron chi connectivity index (χ2n) is 2.53. The molecule has 0 aliphatic carbocycles. The molecule has 0 aliphatic rings. The molecule has 0 N–H and O–H groups in total. The van der Waals surface area contributed by atoms with Crippen LogP contribution < -0.4 is 0 Å². The number of aromatic nitrogens is 2. The van der Waals surface area contributed by atoms with Gasteiger partial charge in [-0.15, -0.1) is 10.2 Å². The lowest BCUT2D eigenvalue weighted by molar-refractivity contribution is 0.109. The van der Waals surface area contributed by atoms with Crippen LogP contribution >= 0.6 is 15.9 Å². The molecule has 4 nitrogen and oxygen atoms in total. The molecule has 1 rings (SSSR count). The van der Waals surface area contributed by atoms with Crippen LogP contribution in [-0.4, -0.2) is 23.4 Å². The van der Waals surface area contributed by atoms with Crippen molar-refractivity contribution in [2.75, 3.05) is 7.11 Å². The molecule has 0 aromatic carbocycles. The van der Waals surface area contributed by atoms with Crippen molar-refractivity contribution in [2.24, 2.45) is 0 Å². The topological polar surface area (TPSA) is 48.2 Å². The van der Waals surface area contributed by atoms with Gasteiger partial charge in [0.05, 0.1) is 6.10 Å². The quantitative estimate of drug-likeness (QED) is 0.798. The third-order valence-corrected chi connectivity index (χ3v) is 1.93. The van der Waals surface area contributed by atoms with E-state index in [0.29, 0.717) is 10.7 Å². The Balaban J connectivity index is 2.33. The zero-order chi connectivity index (χ0) is 8.97. The van der Waals surface area contributed by atoms with E-state index in [-0.39, 0.29) is 6.10 Å². The van der Waals surface area contributed by atoms with Gasteiger partial charge in [-0.1, -0.05) is 0 Å². The molecule has 1 heterocycles. The molecule has 1 aromatic heterocycles. The summed E-state index contributed by atoms with van der Waals surface area (Å²) < 4.78 is 10.2. The number of nitrogens with zero attached hydrogens (tertiary/aromatic N) is 2. The third-order valence-electron chi connectivity index (χ3n) is 1.61. The highest BCUT2D eigenvalue weighted by atomic mass is 79.9. The van der Waals surface area contributed by atoms with E-state index in [1.54, 1.807) is 7.11 Å². The van der Waals surface area contributed by atoms with Crippen molar-refractivity contribution in [3.8, 4) is 0 Å². The largest absolute Gasteiger partial charge is 0.416 e. The van der Waals surface area contributed by atoms with Crippen LogP contribution in [0.25, 0.3) is 0 Å². The lowest BCUT2D eigenvalue weighted by Gasteiger charge is -2.05. The first kappa shape index (κ1) is 9.67. The maximum Gasteiger partial charge on any atom is 0.284 e. The van der Waals surface area contributed by atoms with Gasteiger partial charge in [-0.3, -0.25) is 0 Å². The van der Waals surface area contributed by atoms with Crippen molar-refractivity contribution in [1.82, 2.24) is 10.2 Å². The fourth-order valence-corrected chi connectivity index (χ4v) is 1.04. The summed E-state index contributed by atoms with van der Waals surface area (Å²) in [6.07, 6.45) is 1.88. The van der Waals surface area contributed by atoms with Gasteiger partial charge in [-0.25, -0.2) is 0 Å². The molecule has 12 heavy (non-hydrogen) atoms. The van der Waals surface area contributed by atoms with Crippen LogP contribution in [0.1, 0.15) is 19.2 Å². The van der Waals surface area contributed by atoms with E-state index in [4.69, 9.17) is 9.15 Å². The SMILES string of the molecule is COC(C)CCc1nnc(Br)o1. The summed E-state index contributed by atoms with van der Waals surface area (Å²) in [5.41, 5.74) is 0. The lowest BCUT2D eigenvalue weighted by Crippen LogP contribution is -2.05. The van der Waals surface area contributed by atoms with Crippen molar-refractivity contribution < 1.29 is 9.15 Å². The zero-order valence-electron chi connectivity index (χ0n) is 7.08. The smallest absolute Gasteiger partial charge is 0.284 e. The Hall–Kier alpha value is -0.420. The molecule has 0 fully saturated rings. The number of rotatable bonds is 4. The Morgan fingerprint density at radius 2 is 2.33 bits per heavy atom. The molecule has 0 amide bonds. The first-order chi connectivity index (χ1) is 5.72. The van der Waals surface area contributed by atoms with Crippen molar-refractivity contribution in [3.05, 3.63) is 10.7 Å². The Morgan fingerprint density at radius 3 is 2.83 bits per heavy atom.